The van der Waals surface area contributed by atoms with Gasteiger partial charge in [0, 0.05) is 54.8 Å². The summed E-state index contributed by atoms with van der Waals surface area (Å²) in [6.45, 7) is 4.45. The van der Waals surface area contributed by atoms with Crippen molar-refractivity contribution in [1.29, 1.82) is 0 Å². The second kappa shape index (κ2) is 13.8. The van der Waals surface area contributed by atoms with Gasteiger partial charge in [-0.05, 0) is 49.2 Å². The molecule has 2 amide bonds. The van der Waals surface area contributed by atoms with Crippen LogP contribution in [-0.2, 0) is 41.8 Å². The Balaban J connectivity index is 1.41. The number of hydrogen-bond donors (Lipinski definition) is 1. The van der Waals surface area contributed by atoms with E-state index in [4.69, 9.17) is 14.2 Å². The van der Waals surface area contributed by atoms with Gasteiger partial charge in [-0.3, -0.25) is 29.8 Å². The van der Waals surface area contributed by atoms with E-state index in [9.17, 15) is 39.4 Å². The fraction of sp³-hybridized carbons (Fsp3) is 0.379. The van der Waals surface area contributed by atoms with E-state index >= 15 is 0 Å². The summed E-state index contributed by atoms with van der Waals surface area (Å²) in [5.41, 5.74) is -0.468. The van der Waals surface area contributed by atoms with E-state index in [2.05, 4.69) is 5.32 Å². The van der Waals surface area contributed by atoms with Gasteiger partial charge in [-0.1, -0.05) is 0 Å². The Kier molecular flexibility index (Phi) is 10.1. The lowest BCUT2D eigenvalue weighted by atomic mass is 9.76. The quantitative estimate of drug-likeness (QED) is 0.109. The lowest BCUT2D eigenvalue weighted by Gasteiger charge is -2.49. The molecule has 1 fully saturated rings. The number of nitrogens with one attached hydrogen (secondary N) is 1. The first-order valence-corrected chi connectivity index (χ1v) is 14.7. The minimum Gasteiger partial charge on any atom is -0.456 e. The Morgan fingerprint density at radius 2 is 1.49 bits per heavy atom. The van der Waals surface area contributed by atoms with Crippen LogP contribution in [0.3, 0.4) is 0 Å². The Labute approximate surface area is 261 Å². The van der Waals surface area contributed by atoms with Crippen LogP contribution in [0.25, 0.3) is 0 Å². The number of nitro groups is 2. The van der Waals surface area contributed by atoms with E-state index < -0.39 is 45.4 Å². The number of non-ortho nitro benzene ring substituents is 2. The molecule has 2 aliphatic rings. The summed E-state index contributed by atoms with van der Waals surface area (Å²) in [6.07, 6.45) is -0.753. The van der Waals surface area contributed by atoms with Crippen LogP contribution in [0.5, 0.6) is 0 Å². The topological polar surface area (TPSA) is 198 Å². The van der Waals surface area contributed by atoms with Crippen molar-refractivity contribution < 1.29 is 43.2 Å². The zero-order valence-electron chi connectivity index (χ0n) is 24.5. The Bertz CT molecular complexity index is 1540. The van der Waals surface area contributed by atoms with Crippen molar-refractivity contribution >= 4 is 47.1 Å². The highest BCUT2D eigenvalue weighted by atomic mass is 32.2. The maximum atomic E-state index is 13.5. The number of fused-ring (bicyclic) bond motifs is 1. The maximum absolute atomic E-state index is 13.5. The van der Waals surface area contributed by atoms with Crippen molar-refractivity contribution in [3.63, 3.8) is 0 Å². The molecule has 0 aliphatic carbocycles. The van der Waals surface area contributed by atoms with Crippen molar-refractivity contribution in [2.75, 3.05) is 12.3 Å². The SMILES string of the molecule is CC(=O)NCCSC1=C(C(=O)OCc2ccc([N+](=O)[O-])cc2)N2C(=O)[C@@H](C(C)(C)OC(=O)OCc3ccc([N+](=O)[O-])cc3)[C@H]2C1. The number of benzene rings is 2. The first-order chi connectivity index (χ1) is 21.3. The molecule has 2 aromatic carbocycles. The Morgan fingerprint density at radius 1 is 0.956 bits per heavy atom. The normalized spacial score (nSPS) is 17.2. The average Bonchev–Trinajstić information content (AvgIpc) is 3.30. The number of hydrogen-bond acceptors (Lipinski definition) is 12. The zero-order chi connectivity index (χ0) is 32.9. The maximum Gasteiger partial charge on any atom is 0.509 e. The third kappa shape index (κ3) is 7.75. The molecule has 1 N–H and O–H groups in total. The van der Waals surface area contributed by atoms with E-state index in [1.165, 1.54) is 72.1 Å². The van der Waals surface area contributed by atoms with Crippen LogP contribution >= 0.6 is 11.8 Å². The number of esters is 1. The van der Waals surface area contributed by atoms with Gasteiger partial charge in [-0.2, -0.15) is 0 Å². The highest BCUT2D eigenvalue weighted by molar-refractivity contribution is 8.03. The Hall–Kier alpha value is -4.99. The molecule has 238 valence electrons. The van der Waals surface area contributed by atoms with Crippen LogP contribution in [0.1, 0.15) is 38.3 Å². The molecule has 0 spiro atoms. The molecule has 45 heavy (non-hydrogen) atoms. The molecule has 4 rings (SSSR count). The van der Waals surface area contributed by atoms with Crippen molar-refractivity contribution in [2.45, 2.75) is 52.0 Å². The molecule has 2 heterocycles. The summed E-state index contributed by atoms with van der Waals surface area (Å²) in [6, 6.07) is 10.5. The number of thioether (sulfide) groups is 1. The van der Waals surface area contributed by atoms with E-state index in [-0.39, 0.29) is 42.6 Å². The third-order valence-corrected chi connectivity index (χ3v) is 8.30. The minimum absolute atomic E-state index is 0.0625. The van der Waals surface area contributed by atoms with Gasteiger partial charge >= 0.3 is 12.1 Å². The number of ether oxygens (including phenoxy) is 3. The molecule has 2 aliphatic heterocycles. The molecule has 0 saturated carbocycles. The first kappa shape index (κ1) is 32.9. The van der Waals surface area contributed by atoms with Gasteiger partial charge in [0.1, 0.15) is 24.5 Å². The Morgan fingerprint density at radius 3 is 2.00 bits per heavy atom. The average molecular weight is 643 g/mol. The second-order valence-corrected chi connectivity index (χ2v) is 11.9. The predicted molar refractivity (Wildman–Crippen MR) is 158 cm³/mol. The molecule has 2 aromatic rings. The van der Waals surface area contributed by atoms with E-state index in [0.717, 1.165) is 0 Å². The summed E-state index contributed by atoms with van der Waals surface area (Å²) in [7, 11) is 0. The predicted octanol–water partition coefficient (Wildman–Crippen LogP) is 3.99. The van der Waals surface area contributed by atoms with Gasteiger partial charge in [0.25, 0.3) is 11.4 Å². The van der Waals surface area contributed by atoms with Crippen molar-refractivity contribution in [1.82, 2.24) is 10.2 Å². The number of nitro benzene ring substituents is 2. The third-order valence-electron chi connectivity index (χ3n) is 7.18. The summed E-state index contributed by atoms with van der Waals surface area (Å²) >= 11 is 1.29. The second-order valence-electron chi connectivity index (χ2n) is 10.7. The largest absolute Gasteiger partial charge is 0.509 e. The highest BCUT2D eigenvalue weighted by Crippen LogP contribution is 2.50. The van der Waals surface area contributed by atoms with Gasteiger partial charge in [0.05, 0.1) is 21.8 Å². The number of amides is 2. The van der Waals surface area contributed by atoms with Crippen LogP contribution in [0, 0.1) is 26.1 Å². The van der Waals surface area contributed by atoms with Gasteiger partial charge in [0.15, 0.2) is 0 Å². The summed E-state index contributed by atoms with van der Waals surface area (Å²) in [5, 5.41) is 24.4. The molecule has 1 saturated heterocycles. The smallest absolute Gasteiger partial charge is 0.456 e. The highest BCUT2D eigenvalue weighted by Gasteiger charge is 2.61. The standard InChI is InChI=1S/C29H30N4O11S/c1-17(34)30-12-13-45-23-14-22-24(29(2,3)44-28(37)43-16-19-6-10-21(11-7-19)33(40)41)26(35)31(22)25(23)27(36)42-15-18-4-8-20(9-5-18)32(38)39/h4-11,22,24H,12-16H2,1-3H3,(H,30,34)/t22-,24+/m1/s1. The van der Waals surface area contributed by atoms with Crippen LogP contribution in [0.2, 0.25) is 0 Å². The van der Waals surface area contributed by atoms with Crippen LogP contribution in [0.4, 0.5) is 16.2 Å². The van der Waals surface area contributed by atoms with Gasteiger partial charge in [-0.25, -0.2) is 9.59 Å². The van der Waals surface area contributed by atoms with Crippen molar-refractivity contribution in [2.24, 2.45) is 5.92 Å². The van der Waals surface area contributed by atoms with Crippen molar-refractivity contribution in [3.8, 4) is 0 Å². The summed E-state index contributed by atoms with van der Waals surface area (Å²) in [5.74, 6) is -1.81. The molecule has 15 nitrogen and oxygen atoms in total. The van der Waals surface area contributed by atoms with Gasteiger partial charge in [-0.15, -0.1) is 11.8 Å². The molecule has 16 heteroatoms. The zero-order valence-corrected chi connectivity index (χ0v) is 25.4. The minimum atomic E-state index is -1.32. The molecule has 0 unspecified atom stereocenters. The lowest BCUT2D eigenvalue weighted by molar-refractivity contribution is -0.385. The van der Waals surface area contributed by atoms with Crippen LogP contribution in [0.15, 0.2) is 59.1 Å². The number of rotatable bonds is 13. The fourth-order valence-corrected chi connectivity index (χ4v) is 6.10. The number of nitrogens with zero attached hydrogens (tertiary/aromatic N) is 3. The number of carbonyl (C=O) groups excluding carboxylic acids is 4. The monoisotopic (exact) mass is 642 g/mol. The molecular weight excluding hydrogens is 612 g/mol. The van der Waals surface area contributed by atoms with E-state index in [1.54, 1.807) is 13.8 Å². The molecule has 0 radical (unpaired) electrons. The molecule has 0 aromatic heterocycles. The van der Waals surface area contributed by atoms with Gasteiger partial charge < -0.3 is 24.4 Å². The van der Waals surface area contributed by atoms with E-state index in [1.807, 2.05) is 0 Å². The lowest BCUT2D eigenvalue weighted by Crippen LogP contribution is -2.66. The van der Waals surface area contributed by atoms with Crippen LogP contribution in [-0.4, -0.2) is 62.6 Å². The fourth-order valence-electron chi connectivity index (χ4n) is 5.05. The molecule has 0 bridgehead atoms. The first-order valence-electron chi connectivity index (χ1n) is 13.7. The summed E-state index contributed by atoms with van der Waals surface area (Å²) < 4.78 is 16.2. The van der Waals surface area contributed by atoms with Gasteiger partial charge in [0.2, 0.25) is 11.8 Å². The molecular formula is C29H30N4O11S. The number of carbonyl (C=O) groups is 4. The number of β-lactam (4-membered cyclic amide) rings is 1. The molecule has 2 atom stereocenters. The van der Waals surface area contributed by atoms with E-state index in [0.29, 0.717) is 28.3 Å². The summed E-state index contributed by atoms with van der Waals surface area (Å²) in [4.78, 5) is 73.1. The van der Waals surface area contributed by atoms with Crippen LogP contribution < -0.4 is 5.32 Å². The van der Waals surface area contributed by atoms with Crippen molar-refractivity contribution in [3.05, 3.63) is 90.5 Å².